The minimum absolute atomic E-state index is 0.0819. The number of para-hydroxylation sites is 1. The van der Waals surface area contributed by atoms with E-state index in [9.17, 15) is 5.11 Å². The van der Waals surface area contributed by atoms with Crippen LogP contribution in [0.2, 0.25) is 0 Å². The fourth-order valence-corrected chi connectivity index (χ4v) is 2.14. The Labute approximate surface area is 90.3 Å². The van der Waals surface area contributed by atoms with Gasteiger partial charge in [-0.3, -0.25) is 0 Å². The van der Waals surface area contributed by atoms with Crippen molar-refractivity contribution in [1.29, 1.82) is 0 Å². The highest BCUT2D eigenvalue weighted by Gasteiger charge is 2.35. The Kier molecular flexibility index (Phi) is 2.67. The molecule has 2 unspecified atom stereocenters. The van der Waals surface area contributed by atoms with E-state index in [1.165, 1.54) is 5.56 Å². The van der Waals surface area contributed by atoms with Crippen LogP contribution in [0.4, 0.5) is 5.69 Å². The van der Waals surface area contributed by atoms with Gasteiger partial charge in [0.1, 0.15) is 0 Å². The molecule has 0 saturated carbocycles. The van der Waals surface area contributed by atoms with E-state index in [-0.39, 0.29) is 6.04 Å². The molecule has 3 nitrogen and oxygen atoms in total. The van der Waals surface area contributed by atoms with Crippen molar-refractivity contribution in [2.24, 2.45) is 5.73 Å². The monoisotopic (exact) mass is 206 g/mol. The number of nitrogens with two attached hydrogens (primary N) is 1. The molecule has 1 aliphatic rings. The Hall–Kier alpha value is -1.06. The Morgan fingerprint density at radius 1 is 1.53 bits per heavy atom. The molecule has 82 valence electrons. The molecule has 0 aromatic heterocycles. The highest BCUT2D eigenvalue weighted by atomic mass is 16.3. The lowest BCUT2D eigenvalue weighted by molar-refractivity contribution is 0.0354. The minimum Gasteiger partial charge on any atom is -0.388 e. The zero-order valence-electron chi connectivity index (χ0n) is 9.03. The van der Waals surface area contributed by atoms with Gasteiger partial charge in [0.25, 0.3) is 0 Å². The molecule has 3 heteroatoms. The third-order valence-corrected chi connectivity index (χ3v) is 3.17. The number of anilines is 1. The highest BCUT2D eigenvalue weighted by Crippen LogP contribution is 2.31. The summed E-state index contributed by atoms with van der Waals surface area (Å²) in [6.45, 7) is 2.37. The van der Waals surface area contributed by atoms with Gasteiger partial charge < -0.3 is 16.2 Å². The maximum Gasteiger partial charge on any atom is 0.0835 e. The first kappa shape index (κ1) is 10.5. The van der Waals surface area contributed by atoms with Crippen molar-refractivity contribution in [3.8, 4) is 0 Å². The average molecular weight is 206 g/mol. The van der Waals surface area contributed by atoms with Crippen LogP contribution in [0, 0.1) is 0 Å². The van der Waals surface area contributed by atoms with Gasteiger partial charge in [0.05, 0.1) is 11.6 Å². The number of fused-ring (bicyclic) bond motifs is 1. The normalized spacial score (nSPS) is 23.0. The second-order valence-corrected chi connectivity index (χ2v) is 4.45. The summed E-state index contributed by atoms with van der Waals surface area (Å²) >= 11 is 0. The fourth-order valence-electron chi connectivity index (χ4n) is 2.14. The van der Waals surface area contributed by atoms with E-state index >= 15 is 0 Å². The van der Waals surface area contributed by atoms with Gasteiger partial charge in [-0.05, 0) is 37.9 Å². The fraction of sp³-hybridized carbons (Fsp3) is 0.500. The molecule has 0 bridgehead atoms. The predicted molar refractivity (Wildman–Crippen MR) is 61.9 cm³/mol. The zero-order valence-corrected chi connectivity index (χ0v) is 9.03. The Balaban J connectivity index is 2.13. The summed E-state index contributed by atoms with van der Waals surface area (Å²) in [5.74, 6) is 0. The Morgan fingerprint density at radius 2 is 2.27 bits per heavy atom. The maximum absolute atomic E-state index is 10.2. The number of benzene rings is 1. The van der Waals surface area contributed by atoms with E-state index in [4.69, 9.17) is 5.73 Å². The molecule has 0 aliphatic carbocycles. The molecule has 1 aliphatic heterocycles. The van der Waals surface area contributed by atoms with E-state index in [0.29, 0.717) is 13.0 Å². The number of nitrogens with one attached hydrogen (secondary N) is 1. The molecule has 0 saturated heterocycles. The van der Waals surface area contributed by atoms with Crippen molar-refractivity contribution >= 4 is 5.69 Å². The van der Waals surface area contributed by atoms with Crippen molar-refractivity contribution in [2.45, 2.75) is 31.4 Å². The Bertz CT molecular complexity index is 324. The van der Waals surface area contributed by atoms with Crippen molar-refractivity contribution in [3.05, 3.63) is 29.8 Å². The van der Waals surface area contributed by atoms with Crippen molar-refractivity contribution in [1.82, 2.24) is 0 Å². The lowest BCUT2D eigenvalue weighted by atomic mass is 9.90. The first-order valence-electron chi connectivity index (χ1n) is 5.40. The summed E-state index contributed by atoms with van der Waals surface area (Å²) in [5, 5.41) is 13.6. The third-order valence-electron chi connectivity index (χ3n) is 3.17. The van der Waals surface area contributed by atoms with Crippen LogP contribution in [0.5, 0.6) is 0 Å². The molecule has 2 rings (SSSR count). The summed E-state index contributed by atoms with van der Waals surface area (Å²) in [4.78, 5) is 0. The highest BCUT2D eigenvalue weighted by molar-refractivity contribution is 5.57. The van der Waals surface area contributed by atoms with Crippen LogP contribution in [0.15, 0.2) is 24.3 Å². The van der Waals surface area contributed by atoms with Gasteiger partial charge in [0, 0.05) is 5.69 Å². The minimum atomic E-state index is -0.728. The van der Waals surface area contributed by atoms with E-state index in [1.807, 2.05) is 25.1 Å². The van der Waals surface area contributed by atoms with Gasteiger partial charge in [0.2, 0.25) is 0 Å². The van der Waals surface area contributed by atoms with Crippen LogP contribution in [-0.4, -0.2) is 23.3 Å². The van der Waals surface area contributed by atoms with E-state index in [2.05, 4.69) is 11.4 Å². The maximum atomic E-state index is 10.2. The summed E-state index contributed by atoms with van der Waals surface area (Å²) in [6, 6.07) is 8.26. The van der Waals surface area contributed by atoms with Crippen LogP contribution >= 0.6 is 0 Å². The lowest BCUT2D eigenvalue weighted by Gasteiger charge is -2.30. The third kappa shape index (κ3) is 1.98. The second-order valence-electron chi connectivity index (χ2n) is 4.45. The molecule has 4 N–H and O–H groups in total. The van der Waals surface area contributed by atoms with Gasteiger partial charge in [-0.1, -0.05) is 18.2 Å². The number of aliphatic hydroxyl groups is 1. The molecule has 1 aromatic carbocycles. The van der Waals surface area contributed by atoms with Gasteiger partial charge >= 0.3 is 0 Å². The van der Waals surface area contributed by atoms with Crippen LogP contribution in [0.1, 0.15) is 18.9 Å². The standard InChI is InChI=1S/C12H18N2O/c1-12(15,6-7-13)11-8-9-4-2-3-5-10(9)14-11/h2-5,11,14-15H,6-8,13H2,1H3. The van der Waals surface area contributed by atoms with Crippen molar-refractivity contribution < 1.29 is 5.11 Å². The summed E-state index contributed by atoms with van der Waals surface area (Å²) in [5.41, 5.74) is 7.19. The number of rotatable bonds is 3. The lowest BCUT2D eigenvalue weighted by Crippen LogP contribution is -2.44. The van der Waals surface area contributed by atoms with Crippen molar-refractivity contribution in [2.75, 3.05) is 11.9 Å². The topological polar surface area (TPSA) is 58.3 Å². The SMILES string of the molecule is CC(O)(CCN)C1Cc2ccccc2N1. The summed E-state index contributed by atoms with van der Waals surface area (Å²) in [7, 11) is 0. The van der Waals surface area contributed by atoms with Crippen LogP contribution in [-0.2, 0) is 6.42 Å². The van der Waals surface area contributed by atoms with E-state index in [0.717, 1.165) is 12.1 Å². The second kappa shape index (κ2) is 3.83. The summed E-state index contributed by atoms with van der Waals surface area (Å²) in [6.07, 6.45) is 1.50. The van der Waals surface area contributed by atoms with Gasteiger partial charge in [-0.15, -0.1) is 0 Å². The van der Waals surface area contributed by atoms with Crippen molar-refractivity contribution in [3.63, 3.8) is 0 Å². The molecule has 2 atom stereocenters. The molecule has 1 aromatic rings. The summed E-state index contributed by atoms with van der Waals surface area (Å²) < 4.78 is 0. The molecule has 0 amide bonds. The first-order valence-corrected chi connectivity index (χ1v) is 5.40. The van der Waals surface area contributed by atoms with E-state index in [1.54, 1.807) is 0 Å². The molecule has 1 heterocycles. The number of hydrogen-bond acceptors (Lipinski definition) is 3. The van der Waals surface area contributed by atoms with Crippen LogP contribution in [0.25, 0.3) is 0 Å². The number of hydrogen-bond donors (Lipinski definition) is 3. The largest absolute Gasteiger partial charge is 0.388 e. The smallest absolute Gasteiger partial charge is 0.0835 e. The Morgan fingerprint density at radius 3 is 2.93 bits per heavy atom. The molecule has 0 spiro atoms. The molecule has 0 radical (unpaired) electrons. The quantitative estimate of drug-likeness (QED) is 0.694. The molecular formula is C12H18N2O. The van der Waals surface area contributed by atoms with E-state index < -0.39 is 5.60 Å². The van der Waals surface area contributed by atoms with Gasteiger partial charge in [0.15, 0.2) is 0 Å². The van der Waals surface area contributed by atoms with Crippen LogP contribution in [0.3, 0.4) is 0 Å². The predicted octanol–water partition coefficient (Wildman–Crippen LogP) is 1.12. The van der Waals surface area contributed by atoms with Crippen LogP contribution < -0.4 is 11.1 Å². The van der Waals surface area contributed by atoms with Gasteiger partial charge in [-0.2, -0.15) is 0 Å². The molecule has 0 fully saturated rings. The van der Waals surface area contributed by atoms with Gasteiger partial charge in [-0.25, -0.2) is 0 Å². The average Bonchev–Trinajstić information content (AvgIpc) is 2.61. The molecule has 15 heavy (non-hydrogen) atoms. The zero-order chi connectivity index (χ0) is 10.9. The molecular weight excluding hydrogens is 188 g/mol. The first-order chi connectivity index (χ1) is 7.13.